The predicted octanol–water partition coefficient (Wildman–Crippen LogP) is 7.86. The first-order valence-electron chi connectivity index (χ1n) is 17.2. The minimum Gasteiger partial charge on any atom is -1.00 e. The summed E-state index contributed by atoms with van der Waals surface area (Å²) in [6.07, 6.45) is -4.37. The Morgan fingerprint density at radius 2 is 0.833 bits per heavy atom. The van der Waals surface area contributed by atoms with E-state index in [0.717, 1.165) is 33.4 Å². The van der Waals surface area contributed by atoms with Crippen molar-refractivity contribution in [3.05, 3.63) is 154 Å². The molecule has 2 unspecified atom stereocenters. The van der Waals surface area contributed by atoms with E-state index in [9.17, 15) is 26.3 Å². The summed E-state index contributed by atoms with van der Waals surface area (Å²) in [6.45, 7) is 9.28. The van der Waals surface area contributed by atoms with Crippen molar-refractivity contribution < 1.29 is 71.5 Å². The second kappa shape index (κ2) is 14.9. The molecule has 0 spiro atoms. The smallest absolute Gasteiger partial charge is 1.00 e. The van der Waals surface area contributed by atoms with Crippen LogP contribution in [0, 0.1) is 0 Å². The zero-order valence-electron chi connectivity index (χ0n) is 29.7. The van der Waals surface area contributed by atoms with Crippen LogP contribution in [0.25, 0.3) is 56.0 Å². The van der Waals surface area contributed by atoms with E-state index >= 15 is 0 Å². The number of allylic oxidation sites excluding steroid dienone is 2. The van der Waals surface area contributed by atoms with Crippen LogP contribution >= 0.6 is 0 Å². The molecule has 54 heavy (non-hydrogen) atoms. The summed E-state index contributed by atoms with van der Waals surface area (Å²) in [5.74, 6) is 0. The van der Waals surface area contributed by atoms with Crippen molar-refractivity contribution in [1.82, 2.24) is 0 Å². The number of hydrogen-bond donors (Lipinski definition) is 0. The van der Waals surface area contributed by atoms with E-state index in [1.54, 1.807) is 60.7 Å². The van der Waals surface area contributed by atoms with Gasteiger partial charge in [0.15, 0.2) is 0 Å². The number of fused-ring (bicyclic) bond motifs is 4. The van der Waals surface area contributed by atoms with Crippen molar-refractivity contribution in [2.75, 3.05) is 0 Å². The zero-order chi connectivity index (χ0) is 36.7. The minimum absolute atomic E-state index is 0. The van der Waals surface area contributed by atoms with Crippen LogP contribution in [-0.2, 0) is 32.7 Å². The third kappa shape index (κ3) is 6.65. The summed E-state index contributed by atoms with van der Waals surface area (Å²) in [5.41, 5.74) is 8.80. The fourth-order valence-electron chi connectivity index (χ4n) is 8.71. The SMILES string of the molecule is CC1=Cc2c(-c3ccc(C(F)(F)F)c4ccccc34)cccc2[CH]1[Zr+2]([CH]1C(C)=Cc2c(-c3ccc(C(F)(F)F)c4ccccc34)cccc21)=[Si](C)C.[Cl-].[Cl-]. The average molecular weight is 867 g/mol. The molecule has 10 heteroatoms. The van der Waals surface area contributed by atoms with Gasteiger partial charge in [0.25, 0.3) is 0 Å². The molecule has 0 heterocycles. The van der Waals surface area contributed by atoms with Gasteiger partial charge < -0.3 is 24.8 Å². The van der Waals surface area contributed by atoms with Crippen LogP contribution in [0.1, 0.15) is 54.5 Å². The summed E-state index contributed by atoms with van der Waals surface area (Å²) >= 11 is -2.54. The molecule has 2 aliphatic carbocycles. The summed E-state index contributed by atoms with van der Waals surface area (Å²) < 4.78 is 84.7. The van der Waals surface area contributed by atoms with Crippen LogP contribution < -0.4 is 24.8 Å². The largest absolute Gasteiger partial charge is 1.00 e. The topological polar surface area (TPSA) is 0 Å². The minimum atomic E-state index is -4.46. The predicted molar refractivity (Wildman–Crippen MR) is 199 cm³/mol. The molecular weight excluding hydrogens is 833 g/mol. The Hall–Kier alpha value is -3.42. The van der Waals surface area contributed by atoms with E-state index in [1.807, 2.05) is 12.1 Å². The molecule has 0 radical (unpaired) electrons. The monoisotopic (exact) mass is 864 g/mol. The fourth-order valence-corrected chi connectivity index (χ4v) is 29.4. The van der Waals surface area contributed by atoms with Gasteiger partial charge in [-0.25, -0.2) is 0 Å². The molecular formula is C44H34Cl2F6SiZr. The van der Waals surface area contributed by atoms with E-state index in [4.69, 9.17) is 0 Å². The number of rotatable bonds is 4. The maximum Gasteiger partial charge on any atom is -1.00 e. The standard InChI is InChI=1S/2C21H14F3.C2H6Si.2ClH.Zr/c2*1-13-11-14-5-4-8-16(19(14)12-13)17-9-10-20(21(22,23)24)18-7-3-2-6-15(17)18;1-3-2;;;/h2*2-12H,1H3;1-2H3;2*1H;/q;;;;;+2/p-2. The van der Waals surface area contributed by atoms with Gasteiger partial charge >= 0.3 is 308 Å². The Labute approximate surface area is 331 Å². The van der Waals surface area contributed by atoms with Crippen LogP contribution in [-0.4, -0.2) is 5.43 Å². The van der Waals surface area contributed by atoms with E-state index in [2.05, 4.69) is 63.4 Å². The van der Waals surface area contributed by atoms with Gasteiger partial charge in [0.05, 0.1) is 0 Å². The zero-order valence-corrected chi connectivity index (χ0v) is 34.7. The van der Waals surface area contributed by atoms with Crippen LogP contribution in [0.3, 0.4) is 0 Å². The molecule has 0 aromatic heterocycles. The quantitative estimate of drug-likeness (QED) is 0.125. The van der Waals surface area contributed by atoms with Crippen LogP contribution in [0.4, 0.5) is 26.3 Å². The van der Waals surface area contributed by atoms with Crippen LogP contribution in [0.5, 0.6) is 0 Å². The second-order valence-electron chi connectivity index (χ2n) is 14.1. The summed E-state index contributed by atoms with van der Waals surface area (Å²) in [7, 11) is 0. The normalized spacial score (nSPS) is 16.1. The Balaban J connectivity index is 0.00000249. The van der Waals surface area contributed by atoms with Gasteiger partial charge in [0.1, 0.15) is 0 Å². The van der Waals surface area contributed by atoms with E-state index < -0.39 is 49.3 Å². The van der Waals surface area contributed by atoms with Crippen molar-refractivity contribution in [3.8, 4) is 22.3 Å². The van der Waals surface area contributed by atoms with Gasteiger partial charge in [-0.1, -0.05) is 0 Å². The van der Waals surface area contributed by atoms with Gasteiger partial charge in [-0.3, -0.25) is 0 Å². The van der Waals surface area contributed by atoms with E-state index in [-0.39, 0.29) is 42.8 Å². The molecule has 0 nitrogen and oxygen atoms in total. The molecule has 0 bridgehead atoms. The molecule has 6 aromatic rings. The Morgan fingerprint density at radius 1 is 0.463 bits per heavy atom. The molecule has 0 saturated carbocycles. The number of halogens is 8. The van der Waals surface area contributed by atoms with Crippen molar-refractivity contribution in [1.29, 1.82) is 0 Å². The van der Waals surface area contributed by atoms with Gasteiger partial charge in [0, 0.05) is 0 Å². The molecule has 8 rings (SSSR count). The third-order valence-corrected chi connectivity index (χ3v) is 30.7. The summed E-state index contributed by atoms with van der Waals surface area (Å²) in [6, 6.07) is 31.8. The molecule has 2 aliphatic rings. The summed E-state index contributed by atoms with van der Waals surface area (Å²) in [4.78, 5) is 0. The number of benzene rings is 6. The maximum absolute atomic E-state index is 14.0. The van der Waals surface area contributed by atoms with Crippen molar-refractivity contribution in [2.24, 2.45) is 0 Å². The molecule has 274 valence electrons. The van der Waals surface area contributed by atoms with Crippen molar-refractivity contribution >= 4 is 39.1 Å². The van der Waals surface area contributed by atoms with E-state index in [0.29, 0.717) is 10.8 Å². The molecule has 2 atom stereocenters. The van der Waals surface area contributed by atoms with Gasteiger partial charge in [0.2, 0.25) is 0 Å². The first-order chi connectivity index (χ1) is 24.8. The van der Waals surface area contributed by atoms with Crippen LogP contribution in [0.2, 0.25) is 13.1 Å². The number of hydrogen-bond acceptors (Lipinski definition) is 0. The molecule has 0 aliphatic heterocycles. The van der Waals surface area contributed by atoms with Crippen molar-refractivity contribution in [2.45, 2.75) is 46.5 Å². The molecule has 0 amide bonds. The maximum atomic E-state index is 14.0. The first-order valence-corrected chi connectivity index (χ1v) is 26.3. The van der Waals surface area contributed by atoms with Crippen molar-refractivity contribution in [3.63, 3.8) is 0 Å². The van der Waals surface area contributed by atoms with Gasteiger partial charge in [-0.2, -0.15) is 0 Å². The fraction of sp³-hybridized carbons (Fsp3) is 0.182. The first kappa shape index (κ1) is 40.2. The molecule has 0 saturated heterocycles. The average Bonchev–Trinajstić information content (AvgIpc) is 3.62. The molecule has 0 fully saturated rings. The Morgan fingerprint density at radius 3 is 1.19 bits per heavy atom. The Kier molecular flexibility index (Phi) is 11.1. The second-order valence-corrected chi connectivity index (χ2v) is 32.0. The Bertz CT molecular complexity index is 2390. The van der Waals surface area contributed by atoms with E-state index in [1.165, 1.54) is 34.4 Å². The van der Waals surface area contributed by atoms with Gasteiger partial charge in [-0.15, -0.1) is 0 Å². The third-order valence-electron chi connectivity index (χ3n) is 10.8. The number of alkyl halides is 6. The molecule has 0 N–H and O–H groups in total. The van der Waals surface area contributed by atoms with Crippen LogP contribution in [0.15, 0.2) is 120 Å². The molecule has 6 aromatic carbocycles. The summed E-state index contributed by atoms with van der Waals surface area (Å²) in [5, 5.41) is 1.57. The van der Waals surface area contributed by atoms with Gasteiger partial charge in [-0.05, 0) is 0 Å².